The second-order valence-corrected chi connectivity index (χ2v) is 8.08. The van der Waals surface area contributed by atoms with Crippen LogP contribution in [0.3, 0.4) is 0 Å². The number of nitrogens with zero attached hydrogens (tertiary/aromatic N) is 3. The highest BCUT2D eigenvalue weighted by molar-refractivity contribution is 7.14. The van der Waals surface area contributed by atoms with Gasteiger partial charge in [0.15, 0.2) is 5.13 Å². The first kappa shape index (κ1) is 19.1. The van der Waals surface area contributed by atoms with E-state index in [-0.39, 0.29) is 5.91 Å². The molecule has 1 amide bonds. The molecule has 5 nitrogen and oxygen atoms in total. The molecule has 1 aliphatic heterocycles. The zero-order valence-electron chi connectivity index (χ0n) is 14.9. The molecular formula is C20H18Cl2N4OS. The molecule has 1 fully saturated rings. The third-order valence-electron chi connectivity index (χ3n) is 4.58. The summed E-state index contributed by atoms with van der Waals surface area (Å²) in [6.07, 6.45) is 0. The molecule has 1 saturated heterocycles. The number of halogens is 2. The molecule has 8 heteroatoms. The van der Waals surface area contributed by atoms with Crippen LogP contribution in [0.15, 0.2) is 53.9 Å². The van der Waals surface area contributed by atoms with Gasteiger partial charge in [0.05, 0.1) is 10.0 Å². The average Bonchev–Trinajstić information content (AvgIpc) is 3.19. The Balaban J connectivity index is 1.37. The summed E-state index contributed by atoms with van der Waals surface area (Å²) < 4.78 is 0. The fraction of sp³-hybridized carbons (Fsp3) is 0.200. The number of amides is 1. The normalized spacial score (nSPS) is 14.2. The zero-order valence-corrected chi connectivity index (χ0v) is 17.3. The number of anilines is 3. The molecule has 0 aliphatic carbocycles. The van der Waals surface area contributed by atoms with Crippen molar-refractivity contribution in [1.29, 1.82) is 0 Å². The molecule has 0 radical (unpaired) electrons. The molecule has 144 valence electrons. The van der Waals surface area contributed by atoms with Gasteiger partial charge in [0.25, 0.3) is 5.91 Å². The maximum atomic E-state index is 12.8. The van der Waals surface area contributed by atoms with Crippen molar-refractivity contribution < 1.29 is 4.79 Å². The van der Waals surface area contributed by atoms with Crippen molar-refractivity contribution >= 4 is 57.0 Å². The van der Waals surface area contributed by atoms with Crippen molar-refractivity contribution in [2.45, 2.75) is 0 Å². The van der Waals surface area contributed by atoms with Gasteiger partial charge in [-0.25, -0.2) is 4.98 Å². The van der Waals surface area contributed by atoms with Crippen molar-refractivity contribution in [3.63, 3.8) is 0 Å². The molecule has 0 unspecified atom stereocenters. The second-order valence-electron chi connectivity index (χ2n) is 6.41. The zero-order chi connectivity index (χ0) is 19.5. The van der Waals surface area contributed by atoms with Gasteiger partial charge < -0.3 is 15.1 Å². The first-order chi connectivity index (χ1) is 13.6. The topological polar surface area (TPSA) is 48.5 Å². The number of piperazine rings is 1. The third-order valence-corrected chi connectivity index (χ3v) is 6.08. The molecule has 1 aliphatic rings. The van der Waals surface area contributed by atoms with Crippen LogP contribution >= 0.6 is 34.5 Å². The molecule has 0 bridgehead atoms. The van der Waals surface area contributed by atoms with Gasteiger partial charge in [0.2, 0.25) is 0 Å². The minimum atomic E-state index is -0.0360. The number of aromatic nitrogens is 1. The van der Waals surface area contributed by atoms with Gasteiger partial charge >= 0.3 is 0 Å². The van der Waals surface area contributed by atoms with Crippen molar-refractivity contribution in [2.75, 3.05) is 36.4 Å². The Labute approximate surface area is 177 Å². The molecule has 3 aromatic rings. The number of carbonyl (C=O) groups excluding carboxylic acids is 1. The highest BCUT2D eigenvalue weighted by Crippen LogP contribution is 2.28. The largest absolute Gasteiger partial charge is 0.368 e. The molecule has 1 aromatic heterocycles. The number of para-hydroxylation sites is 1. The van der Waals surface area contributed by atoms with Gasteiger partial charge in [0, 0.05) is 42.9 Å². The highest BCUT2D eigenvalue weighted by Gasteiger charge is 2.24. The van der Waals surface area contributed by atoms with E-state index in [4.69, 9.17) is 23.2 Å². The lowest BCUT2D eigenvalue weighted by Gasteiger charge is -2.35. The van der Waals surface area contributed by atoms with Gasteiger partial charge in [0.1, 0.15) is 5.69 Å². The Bertz CT molecular complexity index is 971. The Morgan fingerprint density at radius 1 is 1.00 bits per heavy atom. The first-order valence-corrected chi connectivity index (χ1v) is 10.5. The lowest BCUT2D eigenvalue weighted by atomic mass is 10.2. The summed E-state index contributed by atoms with van der Waals surface area (Å²) in [6, 6.07) is 15.5. The Morgan fingerprint density at radius 2 is 1.75 bits per heavy atom. The molecule has 28 heavy (non-hydrogen) atoms. The van der Waals surface area contributed by atoms with Crippen LogP contribution in [-0.2, 0) is 0 Å². The van der Waals surface area contributed by atoms with Gasteiger partial charge in [-0.1, -0.05) is 41.4 Å². The summed E-state index contributed by atoms with van der Waals surface area (Å²) in [5, 5.41) is 6.56. The lowest BCUT2D eigenvalue weighted by molar-refractivity contribution is 0.0742. The molecule has 0 saturated carbocycles. The number of benzene rings is 2. The minimum Gasteiger partial charge on any atom is -0.368 e. The van der Waals surface area contributed by atoms with Crippen LogP contribution in [0.25, 0.3) is 0 Å². The van der Waals surface area contributed by atoms with E-state index in [0.29, 0.717) is 34.0 Å². The van der Waals surface area contributed by atoms with Gasteiger partial charge in [-0.3, -0.25) is 4.79 Å². The summed E-state index contributed by atoms with van der Waals surface area (Å²) in [5.41, 5.74) is 2.43. The monoisotopic (exact) mass is 432 g/mol. The van der Waals surface area contributed by atoms with Crippen LogP contribution in [0.5, 0.6) is 0 Å². The number of hydrogen-bond acceptors (Lipinski definition) is 5. The number of hydrogen-bond donors (Lipinski definition) is 1. The van der Waals surface area contributed by atoms with Gasteiger partial charge in [-0.15, -0.1) is 11.3 Å². The van der Waals surface area contributed by atoms with Crippen LogP contribution in [0, 0.1) is 0 Å². The Kier molecular flexibility index (Phi) is 5.71. The van der Waals surface area contributed by atoms with E-state index in [2.05, 4.69) is 27.3 Å². The van der Waals surface area contributed by atoms with Crippen LogP contribution in [0.2, 0.25) is 10.0 Å². The molecule has 0 spiro atoms. The van der Waals surface area contributed by atoms with E-state index in [1.807, 2.05) is 29.2 Å². The summed E-state index contributed by atoms with van der Waals surface area (Å²) >= 11 is 13.4. The van der Waals surface area contributed by atoms with Crippen molar-refractivity contribution in [2.24, 2.45) is 0 Å². The first-order valence-electron chi connectivity index (χ1n) is 8.87. The SMILES string of the molecule is O=C(c1csc(Nc2ccc(Cl)c(Cl)c2)n1)N1CCN(c2ccccc2)CC1. The quantitative estimate of drug-likeness (QED) is 0.618. The number of nitrogens with one attached hydrogen (secondary N) is 1. The Hall–Kier alpha value is -2.28. The smallest absolute Gasteiger partial charge is 0.273 e. The van der Waals surface area contributed by atoms with E-state index >= 15 is 0 Å². The summed E-state index contributed by atoms with van der Waals surface area (Å²) in [5.74, 6) is -0.0360. The molecule has 2 aromatic carbocycles. The van der Waals surface area contributed by atoms with Crippen molar-refractivity contribution in [3.8, 4) is 0 Å². The van der Waals surface area contributed by atoms with E-state index in [1.54, 1.807) is 17.5 Å². The van der Waals surface area contributed by atoms with Gasteiger partial charge in [-0.05, 0) is 30.3 Å². The van der Waals surface area contributed by atoms with Gasteiger partial charge in [-0.2, -0.15) is 0 Å². The Morgan fingerprint density at radius 3 is 2.46 bits per heavy atom. The summed E-state index contributed by atoms with van der Waals surface area (Å²) in [7, 11) is 0. The van der Waals surface area contributed by atoms with E-state index in [1.165, 1.54) is 17.0 Å². The molecule has 4 rings (SSSR count). The fourth-order valence-corrected chi connectivity index (χ4v) is 4.10. The maximum absolute atomic E-state index is 12.8. The number of carbonyl (C=O) groups is 1. The second kappa shape index (κ2) is 8.39. The van der Waals surface area contributed by atoms with Crippen LogP contribution in [0.1, 0.15) is 10.5 Å². The standard InChI is InChI=1S/C20H18Cl2N4OS/c21-16-7-6-14(12-17(16)22)23-20-24-18(13-28-20)19(27)26-10-8-25(9-11-26)15-4-2-1-3-5-15/h1-7,12-13H,8-11H2,(H,23,24). The predicted molar refractivity (Wildman–Crippen MR) is 116 cm³/mol. The predicted octanol–water partition coefficient (Wildman–Crippen LogP) is 5.16. The maximum Gasteiger partial charge on any atom is 0.273 e. The highest BCUT2D eigenvalue weighted by atomic mass is 35.5. The number of thiazole rings is 1. The average molecular weight is 433 g/mol. The lowest BCUT2D eigenvalue weighted by Crippen LogP contribution is -2.48. The van der Waals surface area contributed by atoms with Crippen molar-refractivity contribution in [3.05, 3.63) is 69.7 Å². The minimum absolute atomic E-state index is 0.0360. The van der Waals surface area contributed by atoms with Crippen molar-refractivity contribution in [1.82, 2.24) is 9.88 Å². The molecular weight excluding hydrogens is 415 g/mol. The molecule has 2 heterocycles. The van der Waals surface area contributed by atoms with Crippen LogP contribution < -0.4 is 10.2 Å². The van der Waals surface area contributed by atoms with E-state index in [9.17, 15) is 4.79 Å². The van der Waals surface area contributed by atoms with Crippen LogP contribution in [-0.4, -0.2) is 42.0 Å². The summed E-state index contributed by atoms with van der Waals surface area (Å²) in [6.45, 7) is 2.99. The fourth-order valence-electron chi connectivity index (χ4n) is 3.10. The third kappa shape index (κ3) is 4.24. The van der Waals surface area contributed by atoms with E-state index < -0.39 is 0 Å². The molecule has 0 atom stereocenters. The molecule has 1 N–H and O–H groups in total. The van der Waals surface area contributed by atoms with E-state index in [0.717, 1.165) is 18.8 Å². The summed E-state index contributed by atoms with van der Waals surface area (Å²) in [4.78, 5) is 21.4. The van der Waals surface area contributed by atoms with Crippen LogP contribution in [0.4, 0.5) is 16.5 Å². The number of rotatable bonds is 4.